The third kappa shape index (κ3) is 4.12. The molecule has 1 aromatic heterocycles. The van der Waals surface area contributed by atoms with E-state index >= 15 is 0 Å². The van der Waals surface area contributed by atoms with Crippen LogP contribution in [-0.2, 0) is 6.54 Å². The number of non-ortho nitro benzene ring substituents is 1. The van der Waals surface area contributed by atoms with Gasteiger partial charge in [-0.1, -0.05) is 17.8 Å². The van der Waals surface area contributed by atoms with Crippen molar-refractivity contribution in [1.82, 2.24) is 15.1 Å². The molecule has 1 aliphatic heterocycles. The lowest BCUT2D eigenvalue weighted by atomic mass is 10.1. The Kier molecular flexibility index (Phi) is 5.11. The SMILES string of the molecule is O=C(Nc1nnc(CN2CCCCC2)s1)c1ccc([N+](=O)[O-])cc1. The van der Waals surface area contributed by atoms with E-state index in [1.165, 1.54) is 54.9 Å². The molecule has 24 heavy (non-hydrogen) atoms. The van der Waals surface area contributed by atoms with Crippen LogP contribution in [0.25, 0.3) is 0 Å². The fourth-order valence-electron chi connectivity index (χ4n) is 2.58. The van der Waals surface area contributed by atoms with E-state index in [9.17, 15) is 14.9 Å². The molecule has 1 fully saturated rings. The van der Waals surface area contributed by atoms with Gasteiger partial charge in [-0.2, -0.15) is 0 Å². The van der Waals surface area contributed by atoms with Crippen molar-refractivity contribution in [3.63, 3.8) is 0 Å². The molecule has 1 aromatic carbocycles. The van der Waals surface area contributed by atoms with Crippen molar-refractivity contribution in [2.75, 3.05) is 18.4 Å². The predicted molar refractivity (Wildman–Crippen MR) is 90.1 cm³/mol. The molecule has 126 valence electrons. The molecule has 0 unspecified atom stereocenters. The van der Waals surface area contributed by atoms with Crippen LogP contribution >= 0.6 is 11.3 Å². The minimum absolute atomic E-state index is 0.0497. The Morgan fingerprint density at radius 2 is 1.92 bits per heavy atom. The number of carbonyl (C=O) groups is 1. The van der Waals surface area contributed by atoms with Gasteiger partial charge in [-0.25, -0.2) is 0 Å². The predicted octanol–water partition coefficient (Wildman–Crippen LogP) is 2.68. The van der Waals surface area contributed by atoms with Crippen LogP contribution in [0.5, 0.6) is 0 Å². The molecule has 0 spiro atoms. The summed E-state index contributed by atoms with van der Waals surface area (Å²) >= 11 is 1.35. The lowest BCUT2D eigenvalue weighted by molar-refractivity contribution is -0.384. The molecular weight excluding hydrogens is 330 g/mol. The molecule has 2 aromatic rings. The molecule has 1 aliphatic rings. The minimum atomic E-state index is -0.501. The quantitative estimate of drug-likeness (QED) is 0.659. The molecule has 0 atom stereocenters. The van der Waals surface area contributed by atoms with Crippen LogP contribution in [0.4, 0.5) is 10.8 Å². The summed E-state index contributed by atoms with van der Waals surface area (Å²) in [4.78, 5) is 24.6. The molecule has 8 nitrogen and oxygen atoms in total. The van der Waals surface area contributed by atoms with Crippen molar-refractivity contribution in [2.45, 2.75) is 25.8 Å². The van der Waals surface area contributed by atoms with E-state index in [-0.39, 0.29) is 11.6 Å². The van der Waals surface area contributed by atoms with Crippen LogP contribution in [0.1, 0.15) is 34.6 Å². The van der Waals surface area contributed by atoms with Gasteiger partial charge in [0.25, 0.3) is 11.6 Å². The van der Waals surface area contributed by atoms with Crippen LogP contribution in [0, 0.1) is 10.1 Å². The maximum Gasteiger partial charge on any atom is 0.269 e. The molecule has 1 amide bonds. The summed E-state index contributed by atoms with van der Waals surface area (Å²) in [6.45, 7) is 2.90. The van der Waals surface area contributed by atoms with E-state index in [1.54, 1.807) is 0 Å². The monoisotopic (exact) mass is 347 g/mol. The third-order valence-electron chi connectivity index (χ3n) is 3.84. The fraction of sp³-hybridized carbons (Fsp3) is 0.400. The standard InChI is InChI=1S/C15H17N5O3S/c21-14(11-4-6-12(7-5-11)20(22)23)16-15-18-17-13(24-15)10-19-8-2-1-3-9-19/h4-7H,1-3,8-10H2,(H,16,18,21). The number of aromatic nitrogens is 2. The summed E-state index contributed by atoms with van der Waals surface area (Å²) in [5.41, 5.74) is 0.291. The van der Waals surface area contributed by atoms with Crippen molar-refractivity contribution >= 4 is 28.1 Å². The topological polar surface area (TPSA) is 101 Å². The summed E-state index contributed by atoms with van der Waals surface area (Å²) in [6, 6.07) is 5.44. The normalized spacial score (nSPS) is 15.2. The Bertz CT molecular complexity index is 725. The Labute approximate surface area is 142 Å². The van der Waals surface area contributed by atoms with Crippen molar-refractivity contribution in [3.8, 4) is 0 Å². The highest BCUT2D eigenvalue weighted by Crippen LogP contribution is 2.20. The van der Waals surface area contributed by atoms with Gasteiger partial charge in [0.2, 0.25) is 5.13 Å². The number of nitrogens with one attached hydrogen (secondary N) is 1. The molecule has 0 saturated carbocycles. The molecule has 1 N–H and O–H groups in total. The number of nitro groups is 1. The van der Waals surface area contributed by atoms with Gasteiger partial charge in [0.1, 0.15) is 5.01 Å². The number of nitro benzene ring substituents is 1. The van der Waals surface area contributed by atoms with E-state index in [1.807, 2.05) is 0 Å². The van der Waals surface area contributed by atoms with Gasteiger partial charge in [-0.15, -0.1) is 10.2 Å². The third-order valence-corrected chi connectivity index (χ3v) is 4.66. The van der Waals surface area contributed by atoms with E-state index in [0.29, 0.717) is 10.7 Å². The van der Waals surface area contributed by atoms with E-state index in [2.05, 4.69) is 20.4 Å². The molecular formula is C15H17N5O3S. The van der Waals surface area contributed by atoms with Crippen LogP contribution < -0.4 is 5.32 Å². The van der Waals surface area contributed by atoms with Crippen molar-refractivity contribution in [2.24, 2.45) is 0 Å². The molecule has 0 radical (unpaired) electrons. The molecule has 2 heterocycles. The second-order valence-electron chi connectivity index (χ2n) is 5.60. The lowest BCUT2D eigenvalue weighted by Crippen LogP contribution is -2.28. The van der Waals surface area contributed by atoms with Gasteiger partial charge in [0, 0.05) is 17.7 Å². The van der Waals surface area contributed by atoms with Crippen LogP contribution in [0.2, 0.25) is 0 Å². The Morgan fingerprint density at radius 1 is 1.21 bits per heavy atom. The first kappa shape index (κ1) is 16.5. The van der Waals surface area contributed by atoms with Crippen molar-refractivity contribution in [3.05, 3.63) is 45.0 Å². The lowest BCUT2D eigenvalue weighted by Gasteiger charge is -2.24. The highest BCUT2D eigenvalue weighted by atomic mass is 32.1. The van der Waals surface area contributed by atoms with Crippen LogP contribution in [0.3, 0.4) is 0 Å². The summed E-state index contributed by atoms with van der Waals surface area (Å²) in [5, 5.41) is 22.7. The Hall–Kier alpha value is -2.39. The largest absolute Gasteiger partial charge is 0.297 e. The highest BCUT2D eigenvalue weighted by Gasteiger charge is 2.15. The van der Waals surface area contributed by atoms with E-state index in [0.717, 1.165) is 24.6 Å². The summed E-state index contributed by atoms with van der Waals surface area (Å²) in [6.07, 6.45) is 3.70. The van der Waals surface area contributed by atoms with Gasteiger partial charge in [-0.3, -0.25) is 25.1 Å². The number of anilines is 1. The van der Waals surface area contributed by atoms with Gasteiger partial charge < -0.3 is 0 Å². The summed E-state index contributed by atoms with van der Waals surface area (Å²) in [5.74, 6) is -0.356. The zero-order valence-electron chi connectivity index (χ0n) is 13.0. The Balaban J connectivity index is 1.59. The summed E-state index contributed by atoms with van der Waals surface area (Å²) in [7, 11) is 0. The number of likely N-dealkylation sites (tertiary alicyclic amines) is 1. The molecule has 0 bridgehead atoms. The first-order valence-electron chi connectivity index (χ1n) is 7.72. The second kappa shape index (κ2) is 7.45. The second-order valence-corrected chi connectivity index (χ2v) is 6.66. The van der Waals surface area contributed by atoms with Crippen molar-refractivity contribution < 1.29 is 9.72 Å². The van der Waals surface area contributed by atoms with Crippen molar-refractivity contribution in [1.29, 1.82) is 0 Å². The number of hydrogen-bond acceptors (Lipinski definition) is 7. The smallest absolute Gasteiger partial charge is 0.269 e. The number of benzene rings is 1. The number of nitrogens with zero attached hydrogens (tertiary/aromatic N) is 4. The maximum atomic E-state index is 12.1. The molecule has 1 saturated heterocycles. The van der Waals surface area contributed by atoms with Gasteiger partial charge in [0.15, 0.2) is 0 Å². The zero-order valence-corrected chi connectivity index (χ0v) is 13.8. The minimum Gasteiger partial charge on any atom is -0.297 e. The number of carbonyl (C=O) groups excluding carboxylic acids is 1. The first-order chi connectivity index (χ1) is 11.6. The molecule has 9 heteroatoms. The van der Waals surface area contributed by atoms with Gasteiger partial charge in [-0.05, 0) is 38.1 Å². The Morgan fingerprint density at radius 3 is 2.58 bits per heavy atom. The zero-order chi connectivity index (χ0) is 16.9. The number of rotatable bonds is 5. The average molecular weight is 347 g/mol. The van der Waals surface area contributed by atoms with E-state index < -0.39 is 4.92 Å². The summed E-state index contributed by atoms with van der Waals surface area (Å²) < 4.78 is 0. The van der Waals surface area contributed by atoms with E-state index in [4.69, 9.17) is 0 Å². The molecule has 0 aliphatic carbocycles. The van der Waals surface area contributed by atoms with Gasteiger partial charge in [0.05, 0.1) is 11.5 Å². The highest BCUT2D eigenvalue weighted by molar-refractivity contribution is 7.15. The number of amides is 1. The fourth-order valence-corrected chi connectivity index (χ4v) is 3.36. The molecule has 3 rings (SSSR count). The number of hydrogen-bond donors (Lipinski definition) is 1. The van der Waals surface area contributed by atoms with Gasteiger partial charge >= 0.3 is 0 Å². The van der Waals surface area contributed by atoms with Crippen LogP contribution in [-0.4, -0.2) is 39.0 Å². The average Bonchev–Trinajstić information content (AvgIpc) is 3.02. The van der Waals surface area contributed by atoms with Crippen LogP contribution in [0.15, 0.2) is 24.3 Å². The first-order valence-corrected chi connectivity index (χ1v) is 8.54. The maximum absolute atomic E-state index is 12.1. The number of piperidine rings is 1.